The summed E-state index contributed by atoms with van der Waals surface area (Å²) < 4.78 is 5.00. The molecule has 7 nitrogen and oxygen atoms in total. The van der Waals surface area contributed by atoms with Crippen molar-refractivity contribution in [2.45, 2.75) is 25.2 Å². The molecule has 2 aromatic heterocycles. The van der Waals surface area contributed by atoms with Crippen LogP contribution in [0.3, 0.4) is 0 Å². The molecule has 4 heterocycles. The zero-order valence-corrected chi connectivity index (χ0v) is 19.7. The Balaban J connectivity index is 1.23. The number of carbonyl (C=O) groups is 2. The SMILES string of the molecule is C#CCOC(=O)N1CCC(c2nc(C(=O)N3CCN(CCc4cccs4)CC3)cs2)CC1. The zero-order chi connectivity index (χ0) is 22.3. The average Bonchev–Trinajstić information content (AvgIpc) is 3.54. The highest BCUT2D eigenvalue weighted by molar-refractivity contribution is 7.10. The van der Waals surface area contributed by atoms with E-state index in [-0.39, 0.29) is 24.5 Å². The van der Waals surface area contributed by atoms with Crippen molar-refractivity contribution >= 4 is 34.7 Å². The summed E-state index contributed by atoms with van der Waals surface area (Å²) in [4.78, 5) is 37.0. The summed E-state index contributed by atoms with van der Waals surface area (Å²) in [6.07, 6.45) is 7.48. The number of thiophene rings is 1. The number of ether oxygens (including phenoxy) is 1. The largest absolute Gasteiger partial charge is 0.436 e. The van der Waals surface area contributed by atoms with Crippen LogP contribution in [0.15, 0.2) is 22.9 Å². The van der Waals surface area contributed by atoms with Crippen molar-refractivity contribution in [3.63, 3.8) is 0 Å². The molecule has 9 heteroatoms. The Morgan fingerprint density at radius 3 is 2.59 bits per heavy atom. The number of amides is 2. The van der Waals surface area contributed by atoms with Gasteiger partial charge in [0.05, 0.1) is 5.01 Å². The van der Waals surface area contributed by atoms with E-state index in [2.05, 4.69) is 33.3 Å². The lowest BCUT2D eigenvalue weighted by molar-refractivity contribution is 0.0633. The quantitative estimate of drug-likeness (QED) is 0.605. The van der Waals surface area contributed by atoms with Crippen molar-refractivity contribution in [2.75, 3.05) is 52.4 Å². The molecule has 0 radical (unpaired) electrons. The summed E-state index contributed by atoms with van der Waals surface area (Å²) in [6, 6.07) is 4.27. The van der Waals surface area contributed by atoms with Crippen LogP contribution >= 0.6 is 22.7 Å². The number of hydrogen-bond acceptors (Lipinski definition) is 7. The first-order valence-electron chi connectivity index (χ1n) is 11.0. The van der Waals surface area contributed by atoms with E-state index in [1.165, 1.54) is 4.88 Å². The number of terminal acetylenes is 1. The number of carbonyl (C=O) groups excluding carboxylic acids is 2. The summed E-state index contributed by atoms with van der Waals surface area (Å²) >= 11 is 3.35. The number of rotatable bonds is 6. The Bertz CT molecular complexity index is 937. The molecule has 0 aromatic carbocycles. The van der Waals surface area contributed by atoms with E-state index in [1.54, 1.807) is 27.6 Å². The first kappa shape index (κ1) is 22.8. The van der Waals surface area contributed by atoms with Crippen molar-refractivity contribution in [1.82, 2.24) is 19.7 Å². The van der Waals surface area contributed by atoms with Crippen molar-refractivity contribution in [3.05, 3.63) is 38.5 Å². The van der Waals surface area contributed by atoms with Gasteiger partial charge in [-0.05, 0) is 30.7 Å². The topological polar surface area (TPSA) is 66.0 Å². The molecule has 0 spiro atoms. The Hall–Kier alpha value is -2.41. The number of piperidine rings is 1. The summed E-state index contributed by atoms with van der Waals surface area (Å²) in [5.41, 5.74) is 0.549. The van der Waals surface area contributed by atoms with Crippen LogP contribution < -0.4 is 0 Å². The highest BCUT2D eigenvalue weighted by Crippen LogP contribution is 2.31. The van der Waals surface area contributed by atoms with Crippen LogP contribution in [0.5, 0.6) is 0 Å². The van der Waals surface area contributed by atoms with Crippen LogP contribution in [-0.4, -0.2) is 84.1 Å². The van der Waals surface area contributed by atoms with Gasteiger partial charge in [-0.3, -0.25) is 9.69 Å². The fourth-order valence-electron chi connectivity index (χ4n) is 4.14. The first-order valence-corrected chi connectivity index (χ1v) is 12.7. The maximum Gasteiger partial charge on any atom is 0.410 e. The maximum atomic E-state index is 13.0. The van der Waals surface area contributed by atoms with E-state index < -0.39 is 0 Å². The Morgan fingerprint density at radius 1 is 1.12 bits per heavy atom. The number of nitrogens with zero attached hydrogens (tertiary/aromatic N) is 4. The van der Waals surface area contributed by atoms with Gasteiger partial charge in [-0.15, -0.1) is 29.1 Å². The molecular weight excluding hydrogens is 444 g/mol. The third kappa shape index (κ3) is 5.68. The number of likely N-dealkylation sites (tertiary alicyclic amines) is 1. The zero-order valence-electron chi connectivity index (χ0n) is 18.1. The number of piperazine rings is 1. The highest BCUT2D eigenvalue weighted by atomic mass is 32.1. The molecule has 2 aliphatic heterocycles. The molecule has 0 saturated carbocycles. The standard InChI is InChI=1S/C23H28N4O3S2/c1-2-15-30-23(29)27-9-5-18(6-10-27)21-24-20(17-32-21)22(28)26-13-11-25(12-14-26)8-7-19-4-3-16-31-19/h1,3-4,16-18H,5-15H2. The minimum atomic E-state index is -0.356. The van der Waals surface area contributed by atoms with E-state index in [0.29, 0.717) is 18.8 Å². The second kappa shape index (κ2) is 10.9. The molecule has 32 heavy (non-hydrogen) atoms. The number of hydrogen-bond donors (Lipinski definition) is 0. The number of thiazole rings is 1. The molecule has 2 aromatic rings. The van der Waals surface area contributed by atoms with Gasteiger partial charge in [0.15, 0.2) is 6.61 Å². The average molecular weight is 473 g/mol. The molecule has 0 N–H and O–H groups in total. The van der Waals surface area contributed by atoms with E-state index in [1.807, 2.05) is 10.3 Å². The van der Waals surface area contributed by atoms with Crippen molar-refractivity contribution in [1.29, 1.82) is 0 Å². The molecule has 2 fully saturated rings. The fraction of sp³-hybridized carbons (Fsp3) is 0.522. The highest BCUT2D eigenvalue weighted by Gasteiger charge is 2.28. The van der Waals surface area contributed by atoms with Gasteiger partial charge >= 0.3 is 6.09 Å². The number of aromatic nitrogens is 1. The van der Waals surface area contributed by atoms with Gasteiger partial charge in [0, 0.05) is 62.0 Å². The lowest BCUT2D eigenvalue weighted by Crippen LogP contribution is -2.49. The lowest BCUT2D eigenvalue weighted by Gasteiger charge is -2.34. The van der Waals surface area contributed by atoms with Gasteiger partial charge in [-0.25, -0.2) is 9.78 Å². The van der Waals surface area contributed by atoms with Crippen molar-refractivity contribution in [2.24, 2.45) is 0 Å². The first-order chi connectivity index (χ1) is 15.6. The summed E-state index contributed by atoms with van der Waals surface area (Å²) in [5, 5.41) is 4.99. The smallest absolute Gasteiger partial charge is 0.410 e. The summed E-state index contributed by atoms with van der Waals surface area (Å²) in [6.45, 7) is 5.57. The van der Waals surface area contributed by atoms with E-state index in [4.69, 9.17) is 11.2 Å². The van der Waals surface area contributed by atoms with Crippen LogP contribution in [0.2, 0.25) is 0 Å². The predicted molar refractivity (Wildman–Crippen MR) is 126 cm³/mol. The molecule has 2 aliphatic rings. The Morgan fingerprint density at radius 2 is 1.91 bits per heavy atom. The molecule has 170 valence electrons. The minimum Gasteiger partial charge on any atom is -0.436 e. The van der Waals surface area contributed by atoms with Crippen molar-refractivity contribution in [3.8, 4) is 12.3 Å². The molecule has 2 saturated heterocycles. The normalized spacial score (nSPS) is 17.8. The summed E-state index contributed by atoms with van der Waals surface area (Å²) in [5.74, 6) is 2.61. The summed E-state index contributed by atoms with van der Waals surface area (Å²) in [7, 11) is 0. The van der Waals surface area contributed by atoms with Crippen molar-refractivity contribution < 1.29 is 14.3 Å². The molecule has 2 amide bonds. The van der Waals surface area contributed by atoms with E-state index in [9.17, 15) is 9.59 Å². The molecular formula is C23H28N4O3S2. The molecule has 0 atom stereocenters. The third-order valence-electron chi connectivity index (χ3n) is 6.04. The van der Waals surface area contributed by atoms with Gasteiger partial charge in [-0.2, -0.15) is 0 Å². The van der Waals surface area contributed by atoms with Crippen LogP contribution in [0, 0.1) is 12.3 Å². The second-order valence-electron chi connectivity index (χ2n) is 8.05. The fourth-order valence-corrected chi connectivity index (χ4v) is 5.80. The molecule has 0 unspecified atom stereocenters. The third-order valence-corrected chi connectivity index (χ3v) is 7.98. The second-order valence-corrected chi connectivity index (χ2v) is 9.98. The van der Waals surface area contributed by atoms with Gasteiger partial charge in [0.25, 0.3) is 5.91 Å². The minimum absolute atomic E-state index is 0.000389. The van der Waals surface area contributed by atoms with E-state index in [0.717, 1.165) is 57.0 Å². The molecule has 4 rings (SSSR count). The van der Waals surface area contributed by atoms with Gasteiger partial charge in [0.2, 0.25) is 0 Å². The van der Waals surface area contributed by atoms with Crippen LogP contribution in [0.1, 0.15) is 39.1 Å². The van der Waals surface area contributed by atoms with Crippen LogP contribution in [0.4, 0.5) is 4.79 Å². The maximum absolute atomic E-state index is 13.0. The Labute approximate surface area is 197 Å². The molecule has 0 aliphatic carbocycles. The van der Waals surface area contributed by atoms with Crippen LogP contribution in [0.25, 0.3) is 0 Å². The monoisotopic (exact) mass is 472 g/mol. The van der Waals surface area contributed by atoms with Gasteiger partial charge < -0.3 is 14.5 Å². The Kier molecular flexibility index (Phi) is 7.79. The lowest BCUT2D eigenvalue weighted by atomic mass is 9.98. The van der Waals surface area contributed by atoms with E-state index >= 15 is 0 Å². The molecule has 0 bridgehead atoms. The predicted octanol–water partition coefficient (Wildman–Crippen LogP) is 3.15. The van der Waals surface area contributed by atoms with Gasteiger partial charge in [0.1, 0.15) is 5.69 Å². The van der Waals surface area contributed by atoms with Gasteiger partial charge in [-0.1, -0.05) is 12.0 Å². The van der Waals surface area contributed by atoms with Crippen LogP contribution in [-0.2, 0) is 11.2 Å².